The molecule has 0 aromatic carbocycles. The molecule has 6 atom stereocenters. The summed E-state index contributed by atoms with van der Waals surface area (Å²) in [5.74, 6) is -1.58. The molecule has 0 radical (unpaired) electrons. The Morgan fingerprint density at radius 2 is 1.81 bits per heavy atom. The molecule has 2 saturated carbocycles. The summed E-state index contributed by atoms with van der Waals surface area (Å²) in [5.41, 5.74) is 0. The van der Waals surface area contributed by atoms with E-state index in [1.807, 2.05) is 12.2 Å². The minimum atomic E-state index is -0.861. The number of aliphatic hydroxyl groups excluding tert-OH is 1. The fraction of sp³-hybridized carbons (Fsp3) is 0.750. The van der Waals surface area contributed by atoms with Gasteiger partial charge in [0.15, 0.2) is 0 Å². The van der Waals surface area contributed by atoms with E-state index in [1.165, 1.54) is 0 Å². The molecule has 5 heteroatoms. The monoisotopic (exact) mass is 293 g/mol. The van der Waals surface area contributed by atoms with Crippen LogP contribution < -0.4 is 5.32 Å². The second-order valence-corrected chi connectivity index (χ2v) is 6.77. The van der Waals surface area contributed by atoms with E-state index in [0.717, 1.165) is 32.1 Å². The third-order valence-corrected chi connectivity index (χ3v) is 5.37. The molecule has 2 bridgehead atoms. The normalized spacial score (nSPS) is 41.2. The molecule has 0 aromatic rings. The van der Waals surface area contributed by atoms with E-state index < -0.39 is 17.8 Å². The second-order valence-electron chi connectivity index (χ2n) is 6.77. The number of carbonyl (C=O) groups is 2. The highest BCUT2D eigenvalue weighted by Gasteiger charge is 2.51. The highest BCUT2D eigenvalue weighted by atomic mass is 16.4. The number of fused-ring (bicyclic) bond motifs is 2. The number of carboxylic acids is 1. The molecular weight excluding hydrogens is 270 g/mol. The first-order valence-electron chi connectivity index (χ1n) is 7.93. The Morgan fingerprint density at radius 3 is 2.48 bits per heavy atom. The van der Waals surface area contributed by atoms with E-state index >= 15 is 0 Å². The summed E-state index contributed by atoms with van der Waals surface area (Å²) in [7, 11) is 0. The van der Waals surface area contributed by atoms with Gasteiger partial charge in [0.1, 0.15) is 0 Å². The van der Waals surface area contributed by atoms with Crippen molar-refractivity contribution in [1.82, 2.24) is 5.32 Å². The van der Waals surface area contributed by atoms with Crippen LogP contribution in [0.4, 0.5) is 0 Å². The number of hydrogen-bond acceptors (Lipinski definition) is 3. The highest BCUT2D eigenvalue weighted by Crippen LogP contribution is 2.48. The van der Waals surface area contributed by atoms with Gasteiger partial charge in [0.05, 0.1) is 17.9 Å². The molecule has 3 aliphatic rings. The second kappa shape index (κ2) is 5.79. The maximum atomic E-state index is 12.4. The van der Waals surface area contributed by atoms with Crippen LogP contribution in [-0.2, 0) is 9.59 Å². The van der Waals surface area contributed by atoms with Crippen LogP contribution in [0.15, 0.2) is 12.2 Å². The van der Waals surface area contributed by atoms with Gasteiger partial charge in [0.25, 0.3) is 0 Å². The molecule has 21 heavy (non-hydrogen) atoms. The van der Waals surface area contributed by atoms with E-state index in [1.54, 1.807) is 0 Å². The predicted molar refractivity (Wildman–Crippen MR) is 76.3 cm³/mol. The highest BCUT2D eigenvalue weighted by molar-refractivity contribution is 5.86. The fourth-order valence-electron chi connectivity index (χ4n) is 4.33. The summed E-state index contributed by atoms with van der Waals surface area (Å²) in [6.45, 7) is 0.555. The number of hydrogen-bond donors (Lipinski definition) is 3. The summed E-state index contributed by atoms with van der Waals surface area (Å²) in [4.78, 5) is 23.8. The molecule has 0 heterocycles. The first kappa shape index (κ1) is 14.6. The molecular formula is C16H23NO4. The third kappa shape index (κ3) is 2.84. The SMILES string of the molecule is O=C(O)[C@@H]1C2C=CC(C2)[C@@H]1C(=O)NCC1CCCC(O)C1. The topological polar surface area (TPSA) is 86.6 Å². The Kier molecular flexibility index (Phi) is 4.02. The molecule has 0 aliphatic heterocycles. The van der Waals surface area contributed by atoms with E-state index in [0.29, 0.717) is 12.5 Å². The molecule has 5 nitrogen and oxygen atoms in total. The smallest absolute Gasteiger partial charge is 0.307 e. The fourth-order valence-corrected chi connectivity index (χ4v) is 4.33. The Labute approximate surface area is 124 Å². The molecule has 3 aliphatic carbocycles. The van der Waals surface area contributed by atoms with Crippen molar-refractivity contribution in [3.63, 3.8) is 0 Å². The molecule has 2 fully saturated rings. The van der Waals surface area contributed by atoms with Crippen molar-refractivity contribution in [3.05, 3.63) is 12.2 Å². The van der Waals surface area contributed by atoms with Crippen molar-refractivity contribution in [3.8, 4) is 0 Å². The van der Waals surface area contributed by atoms with Crippen LogP contribution in [0.5, 0.6) is 0 Å². The van der Waals surface area contributed by atoms with Gasteiger partial charge in [0, 0.05) is 6.54 Å². The molecule has 116 valence electrons. The van der Waals surface area contributed by atoms with Crippen molar-refractivity contribution < 1.29 is 19.8 Å². The van der Waals surface area contributed by atoms with Gasteiger partial charge >= 0.3 is 5.97 Å². The van der Waals surface area contributed by atoms with Crippen LogP contribution in [0.1, 0.15) is 32.1 Å². The van der Waals surface area contributed by atoms with Gasteiger partial charge in [-0.1, -0.05) is 18.6 Å². The zero-order valence-electron chi connectivity index (χ0n) is 12.1. The van der Waals surface area contributed by atoms with Crippen molar-refractivity contribution in [2.75, 3.05) is 6.54 Å². The molecule has 4 unspecified atom stereocenters. The first-order valence-corrected chi connectivity index (χ1v) is 7.93. The summed E-state index contributed by atoms with van der Waals surface area (Å²) >= 11 is 0. The van der Waals surface area contributed by atoms with Crippen LogP contribution in [0.25, 0.3) is 0 Å². The maximum Gasteiger partial charge on any atom is 0.307 e. The average molecular weight is 293 g/mol. The Morgan fingerprint density at radius 1 is 1.10 bits per heavy atom. The molecule has 3 N–H and O–H groups in total. The zero-order valence-corrected chi connectivity index (χ0v) is 12.1. The minimum Gasteiger partial charge on any atom is -0.481 e. The minimum absolute atomic E-state index is 0.0137. The van der Waals surface area contributed by atoms with Gasteiger partial charge in [0.2, 0.25) is 5.91 Å². The van der Waals surface area contributed by atoms with Crippen molar-refractivity contribution in [1.29, 1.82) is 0 Å². The van der Waals surface area contributed by atoms with Gasteiger partial charge in [-0.15, -0.1) is 0 Å². The quantitative estimate of drug-likeness (QED) is 0.679. The summed E-state index contributed by atoms with van der Waals surface area (Å²) in [6, 6.07) is 0. The standard InChI is InChI=1S/C16H23NO4/c18-12-3-1-2-9(6-12)8-17-15(19)13-10-4-5-11(7-10)14(13)16(20)21/h4-5,9-14,18H,1-3,6-8H2,(H,17,19)(H,20,21)/t9?,10?,11?,12?,13-,14+/m0/s1. The predicted octanol–water partition coefficient (Wildman–Crippen LogP) is 1.18. The Hall–Kier alpha value is -1.36. The molecule has 0 spiro atoms. The van der Waals surface area contributed by atoms with Gasteiger partial charge in [-0.2, -0.15) is 0 Å². The number of carboxylic acid groups (broad SMARTS) is 1. The van der Waals surface area contributed by atoms with E-state index in [4.69, 9.17) is 0 Å². The number of nitrogens with one attached hydrogen (secondary N) is 1. The maximum absolute atomic E-state index is 12.4. The van der Waals surface area contributed by atoms with Gasteiger partial charge in [-0.25, -0.2) is 0 Å². The number of amides is 1. The number of allylic oxidation sites excluding steroid dienone is 2. The average Bonchev–Trinajstić information content (AvgIpc) is 3.05. The van der Waals surface area contributed by atoms with E-state index in [-0.39, 0.29) is 23.8 Å². The van der Waals surface area contributed by atoms with Crippen molar-refractivity contribution in [2.45, 2.75) is 38.2 Å². The molecule has 0 saturated heterocycles. The van der Waals surface area contributed by atoms with Crippen LogP contribution >= 0.6 is 0 Å². The lowest BCUT2D eigenvalue weighted by atomic mass is 9.82. The van der Waals surface area contributed by atoms with Crippen LogP contribution in [0.3, 0.4) is 0 Å². The van der Waals surface area contributed by atoms with Crippen molar-refractivity contribution in [2.24, 2.45) is 29.6 Å². The largest absolute Gasteiger partial charge is 0.481 e. The lowest BCUT2D eigenvalue weighted by Gasteiger charge is -2.28. The molecule has 3 rings (SSSR count). The number of aliphatic hydroxyl groups is 1. The number of carbonyl (C=O) groups excluding carboxylic acids is 1. The zero-order chi connectivity index (χ0) is 15.0. The first-order chi connectivity index (χ1) is 10.1. The Bertz CT molecular complexity index is 461. The van der Waals surface area contributed by atoms with E-state index in [2.05, 4.69) is 5.32 Å². The molecule has 0 aromatic heterocycles. The lowest BCUT2D eigenvalue weighted by Crippen LogP contribution is -2.42. The van der Waals surface area contributed by atoms with Gasteiger partial charge in [-0.05, 0) is 43.4 Å². The summed E-state index contributed by atoms with van der Waals surface area (Å²) in [6.07, 6.45) is 8.09. The van der Waals surface area contributed by atoms with Gasteiger partial charge < -0.3 is 15.5 Å². The number of rotatable bonds is 4. The summed E-state index contributed by atoms with van der Waals surface area (Å²) < 4.78 is 0. The van der Waals surface area contributed by atoms with Crippen LogP contribution in [0, 0.1) is 29.6 Å². The Balaban J connectivity index is 1.57. The number of aliphatic carboxylic acids is 1. The van der Waals surface area contributed by atoms with Crippen LogP contribution in [-0.4, -0.2) is 34.7 Å². The lowest BCUT2D eigenvalue weighted by molar-refractivity contribution is -0.147. The van der Waals surface area contributed by atoms with Crippen LogP contribution in [0.2, 0.25) is 0 Å². The van der Waals surface area contributed by atoms with E-state index in [9.17, 15) is 19.8 Å². The summed E-state index contributed by atoms with van der Waals surface area (Å²) in [5, 5.41) is 22.0. The third-order valence-electron chi connectivity index (χ3n) is 5.37. The van der Waals surface area contributed by atoms with Crippen molar-refractivity contribution >= 4 is 11.9 Å². The van der Waals surface area contributed by atoms with Gasteiger partial charge in [-0.3, -0.25) is 9.59 Å². The molecule has 1 amide bonds.